The number of benzene rings is 1. The Labute approximate surface area is 220 Å². The summed E-state index contributed by atoms with van der Waals surface area (Å²) in [6.07, 6.45) is 4.69. The van der Waals surface area contributed by atoms with Gasteiger partial charge in [-0.25, -0.2) is 9.37 Å². The molecule has 3 unspecified atom stereocenters. The number of aromatic nitrogens is 2. The molecule has 2 spiro atoms. The highest BCUT2D eigenvalue weighted by molar-refractivity contribution is 6.15. The molecule has 2 amide bonds. The molecule has 10 heteroatoms. The van der Waals surface area contributed by atoms with Gasteiger partial charge in [-0.2, -0.15) is 4.98 Å². The zero-order valence-corrected chi connectivity index (χ0v) is 21.8. The largest absolute Gasteiger partial charge is 0.367 e. The van der Waals surface area contributed by atoms with E-state index in [0.717, 1.165) is 44.6 Å². The van der Waals surface area contributed by atoms with Gasteiger partial charge in [0.1, 0.15) is 17.1 Å². The first kappa shape index (κ1) is 22.7. The Kier molecular flexibility index (Phi) is 4.31. The summed E-state index contributed by atoms with van der Waals surface area (Å²) in [4.78, 5) is 42.7. The summed E-state index contributed by atoms with van der Waals surface area (Å²) in [7, 11) is 2.08. The standard InChI is InChI=1S/C28H32FN7O2/c1-16-27-13-18(27)14-28(16,27)36-22-17(12-26(24(36)38)5-6-30-23(26)37)15-31-25(33-22)32-19-3-4-21(20(29)11-19)35-9-7-34(2)8-10-35/h3-4,11,15-16,18H,5-10,12-14H2,1-2H3,(H,30,37)(H,31,32,33)/t16-,18?,26+,27?,28?/m1/s1. The number of fused-ring (bicyclic) bond motifs is 1. The lowest BCUT2D eigenvalue weighted by Gasteiger charge is -2.45. The van der Waals surface area contributed by atoms with Gasteiger partial charge in [0, 0.05) is 62.0 Å². The number of amides is 2. The fourth-order valence-corrected chi connectivity index (χ4v) is 8.51. The Morgan fingerprint density at radius 1 is 1.16 bits per heavy atom. The van der Waals surface area contributed by atoms with Crippen molar-refractivity contribution >= 4 is 35.0 Å². The van der Waals surface area contributed by atoms with Crippen LogP contribution in [0.4, 0.5) is 27.5 Å². The maximum atomic E-state index is 15.1. The molecule has 1 aromatic heterocycles. The topological polar surface area (TPSA) is 93.7 Å². The van der Waals surface area contributed by atoms with Crippen LogP contribution in [0.15, 0.2) is 24.4 Å². The molecule has 3 aliphatic heterocycles. The van der Waals surface area contributed by atoms with Crippen molar-refractivity contribution in [3.63, 3.8) is 0 Å². The van der Waals surface area contributed by atoms with Gasteiger partial charge < -0.3 is 20.4 Å². The quantitative estimate of drug-likeness (QED) is 0.602. The highest BCUT2D eigenvalue weighted by atomic mass is 19.1. The maximum absolute atomic E-state index is 15.1. The second-order valence-electron chi connectivity index (χ2n) is 12.3. The molecule has 0 bridgehead atoms. The summed E-state index contributed by atoms with van der Waals surface area (Å²) in [6.45, 7) is 6.15. The van der Waals surface area contributed by atoms with Gasteiger partial charge >= 0.3 is 0 Å². The van der Waals surface area contributed by atoms with Gasteiger partial charge in [0.15, 0.2) is 0 Å². The number of hydrogen-bond acceptors (Lipinski definition) is 7. The van der Waals surface area contributed by atoms with E-state index in [0.29, 0.717) is 54.4 Å². The van der Waals surface area contributed by atoms with Crippen molar-refractivity contribution in [2.75, 3.05) is 54.9 Å². The predicted octanol–water partition coefficient (Wildman–Crippen LogP) is 2.30. The Bertz CT molecular complexity index is 1410. The third-order valence-corrected chi connectivity index (χ3v) is 10.8. The summed E-state index contributed by atoms with van der Waals surface area (Å²) in [5.74, 6) is 1.45. The van der Waals surface area contributed by atoms with Gasteiger partial charge in [-0.15, -0.1) is 0 Å². The first-order chi connectivity index (χ1) is 18.3. The molecular weight excluding hydrogens is 485 g/mol. The maximum Gasteiger partial charge on any atom is 0.244 e. The third kappa shape index (κ3) is 2.64. The fourth-order valence-electron chi connectivity index (χ4n) is 8.51. The Morgan fingerprint density at radius 3 is 2.61 bits per heavy atom. The average molecular weight is 518 g/mol. The first-order valence-corrected chi connectivity index (χ1v) is 13.8. The molecule has 2 aromatic rings. The summed E-state index contributed by atoms with van der Waals surface area (Å²) >= 11 is 0. The van der Waals surface area contributed by atoms with Gasteiger partial charge in [-0.3, -0.25) is 14.5 Å². The lowest BCUT2D eigenvalue weighted by Crippen LogP contribution is -2.60. The molecule has 2 saturated heterocycles. The normalized spacial score (nSPS) is 36.8. The molecule has 4 heterocycles. The molecule has 2 N–H and O–H groups in total. The van der Waals surface area contributed by atoms with Crippen LogP contribution >= 0.6 is 0 Å². The molecule has 9 nitrogen and oxygen atoms in total. The Hall–Kier alpha value is -3.27. The first-order valence-electron chi connectivity index (χ1n) is 13.8. The van der Waals surface area contributed by atoms with Crippen LogP contribution in [-0.4, -0.2) is 72.0 Å². The second kappa shape index (κ2) is 7.22. The van der Waals surface area contributed by atoms with Crippen LogP contribution in [0.5, 0.6) is 0 Å². The van der Waals surface area contributed by atoms with E-state index in [1.165, 1.54) is 6.07 Å². The molecule has 1 aromatic carbocycles. The van der Waals surface area contributed by atoms with E-state index in [-0.39, 0.29) is 28.6 Å². The molecule has 5 atom stereocenters. The predicted molar refractivity (Wildman–Crippen MR) is 140 cm³/mol. The van der Waals surface area contributed by atoms with Crippen LogP contribution in [0, 0.1) is 28.5 Å². The molecule has 38 heavy (non-hydrogen) atoms. The minimum absolute atomic E-state index is 0.110. The highest BCUT2D eigenvalue weighted by Gasteiger charge is 2.96. The van der Waals surface area contributed by atoms with Gasteiger partial charge in [0.05, 0.1) is 11.2 Å². The van der Waals surface area contributed by atoms with Crippen LogP contribution in [-0.2, 0) is 16.0 Å². The van der Waals surface area contributed by atoms with E-state index < -0.39 is 5.41 Å². The number of carbonyl (C=O) groups excluding carboxylic acids is 2. The van der Waals surface area contributed by atoms with Crippen molar-refractivity contribution in [2.45, 2.75) is 38.1 Å². The number of rotatable bonds is 4. The van der Waals surface area contributed by atoms with E-state index in [1.54, 1.807) is 12.3 Å². The number of anilines is 4. The summed E-state index contributed by atoms with van der Waals surface area (Å²) in [6, 6.07) is 5.13. The SMILES string of the molecule is C[C@@H]1C23CC2CC13N1C(=O)[C@@]2(CCNC2=O)Cc2cnc(Nc3ccc(N4CCN(C)CC4)c(F)c3)nc21. The van der Waals surface area contributed by atoms with E-state index in [4.69, 9.17) is 4.98 Å². The fraction of sp³-hybridized carbons (Fsp3) is 0.571. The lowest BCUT2D eigenvalue weighted by molar-refractivity contribution is -0.140. The Morgan fingerprint density at radius 2 is 1.97 bits per heavy atom. The van der Waals surface area contributed by atoms with Gasteiger partial charge in [-0.05, 0) is 56.3 Å². The van der Waals surface area contributed by atoms with Crippen LogP contribution < -0.4 is 20.4 Å². The number of hydrogen-bond donors (Lipinski definition) is 2. The molecule has 3 saturated carbocycles. The molecule has 198 valence electrons. The molecule has 8 rings (SSSR count). The molecule has 0 radical (unpaired) electrons. The summed E-state index contributed by atoms with van der Waals surface area (Å²) in [5.41, 5.74) is 0.891. The second-order valence-corrected chi connectivity index (χ2v) is 12.3. The highest BCUT2D eigenvalue weighted by Crippen LogP contribution is 2.94. The number of halogens is 1. The van der Waals surface area contributed by atoms with Crippen LogP contribution in [0.2, 0.25) is 0 Å². The smallest absolute Gasteiger partial charge is 0.244 e. The van der Waals surface area contributed by atoms with Crippen LogP contribution in [0.3, 0.4) is 0 Å². The third-order valence-electron chi connectivity index (χ3n) is 10.8. The van der Waals surface area contributed by atoms with Crippen LogP contribution in [0.1, 0.15) is 31.7 Å². The van der Waals surface area contributed by atoms with Crippen molar-refractivity contribution < 1.29 is 14.0 Å². The van der Waals surface area contributed by atoms with Gasteiger partial charge in [0.25, 0.3) is 0 Å². The summed E-state index contributed by atoms with van der Waals surface area (Å²) in [5, 5.41) is 6.06. The zero-order valence-electron chi connectivity index (χ0n) is 21.8. The van der Waals surface area contributed by atoms with Gasteiger partial charge in [-0.1, -0.05) is 6.92 Å². The zero-order chi connectivity index (χ0) is 26.0. The minimum Gasteiger partial charge on any atom is -0.367 e. The lowest BCUT2D eigenvalue weighted by atomic mass is 9.74. The van der Waals surface area contributed by atoms with E-state index in [1.807, 2.05) is 11.0 Å². The Balaban J connectivity index is 1.12. The van der Waals surface area contributed by atoms with Crippen molar-refractivity contribution in [1.29, 1.82) is 0 Å². The van der Waals surface area contributed by atoms with Gasteiger partial charge in [0.2, 0.25) is 17.8 Å². The van der Waals surface area contributed by atoms with Crippen molar-refractivity contribution in [3.05, 3.63) is 35.8 Å². The summed E-state index contributed by atoms with van der Waals surface area (Å²) < 4.78 is 15.1. The minimum atomic E-state index is -1.06. The number of piperazine rings is 1. The number of likely N-dealkylation sites (N-methyl/N-ethyl adjacent to an activating group) is 1. The molecule has 6 aliphatic rings. The van der Waals surface area contributed by atoms with Crippen molar-refractivity contribution in [1.82, 2.24) is 20.2 Å². The number of nitrogens with zero attached hydrogens (tertiary/aromatic N) is 5. The molecule has 5 fully saturated rings. The number of nitrogens with one attached hydrogen (secondary N) is 2. The van der Waals surface area contributed by atoms with Crippen LogP contribution in [0.25, 0.3) is 0 Å². The van der Waals surface area contributed by atoms with E-state index in [2.05, 4.69) is 39.4 Å². The molecule has 3 aliphatic carbocycles. The van der Waals surface area contributed by atoms with E-state index >= 15 is 4.39 Å². The average Bonchev–Trinajstić information content (AvgIpc) is 3.52. The van der Waals surface area contributed by atoms with Crippen molar-refractivity contribution in [2.24, 2.45) is 22.7 Å². The van der Waals surface area contributed by atoms with Crippen molar-refractivity contribution in [3.8, 4) is 0 Å². The molecular formula is C28H32FN7O2. The van der Waals surface area contributed by atoms with E-state index in [9.17, 15) is 9.59 Å². The number of carbonyl (C=O) groups is 2. The monoisotopic (exact) mass is 517 g/mol.